The van der Waals surface area contributed by atoms with Crippen molar-refractivity contribution in [3.8, 4) is 23.0 Å². The fraction of sp³-hybridized carbons (Fsp3) is 0.309. The van der Waals surface area contributed by atoms with Crippen LogP contribution in [0.2, 0.25) is 5.15 Å². The van der Waals surface area contributed by atoms with Gasteiger partial charge in [0.25, 0.3) is 23.2 Å². The van der Waals surface area contributed by atoms with Crippen LogP contribution in [-0.2, 0) is 69.5 Å². The third-order valence-electron chi connectivity index (χ3n) is 25.9. The van der Waals surface area contributed by atoms with E-state index in [0.29, 0.717) is 80.6 Å². The van der Waals surface area contributed by atoms with Gasteiger partial charge in [0.15, 0.2) is 53.0 Å². The quantitative estimate of drug-likeness (QED) is 0.0175. The number of carbonyl (C=O) groups is 3. The standard InChI is InChI=1S/C28H29F2N3O4.C23H21F2N3O3.C15H14FN3O2.C15H16FN3.C13H15FO5.C11H13F.C5H3ClN2O2.Fe/c1-27(2)14-36-26(37-15-27)19-9-16(10-21(30)24(19)34)25(35)32-18-6-8-23(31-12-18)33-13-28(3,4)20-11-17(29)5-7-22(20)33;1-23(2)12-28(18-6-4-14(24)10-16(18)23)20-7-5-15(11-26-20)27-22(30)13-8-17(25)21(29)19(9-13)31-3;1-15(2)9-18(13-5-3-10(16)7-12(13)15)14-6-4-11(8-17-14)19(20)21;1-15(2)9-19(14-6-4-11(17)8-18-14)13-5-3-10(16)7-12(13)15;1-13(2)5-18-12(19-6-13)8-3-7(11(16)17)4-9(14)10(8)15;1-11(2)6-5-8-3-4-9(12)7-10(8)11;6-5-2-1-4(3-7-5)8(9)10;/h5-12,26,34H,13-15H2,1-4H3,(H,32,35);4-11,29H,12H2,1-3H3,(H,27,30);3-8H,9H2,1-2H3;3-8H,9,17H2,1-2H3;3-4,12,15H,5-6H2,1-2H3,(H,16,17);3-4,7H,5-6H2,1-2H3;1-3H;/p+1. The molecule has 150 heavy (non-hydrogen) atoms. The molecule has 1 aliphatic carbocycles. The Morgan fingerprint density at radius 2 is 0.747 bits per heavy atom. The molecule has 30 nitrogen and oxygen atoms in total. The second kappa shape index (κ2) is 45.2. The number of methoxy groups -OCH3 is 1. The number of carboxylic acid groups (broad SMARTS) is 1. The van der Waals surface area contributed by atoms with Crippen LogP contribution in [0.15, 0.2) is 219 Å². The summed E-state index contributed by atoms with van der Waals surface area (Å²) in [6.07, 6.45) is 7.31. The molecule has 7 aliphatic rings. The number of nitro groups is 2. The zero-order chi connectivity index (χ0) is 108. The van der Waals surface area contributed by atoms with Crippen LogP contribution < -0.4 is 40.7 Å². The van der Waals surface area contributed by atoms with Crippen molar-refractivity contribution in [3.63, 3.8) is 0 Å². The fourth-order valence-corrected chi connectivity index (χ4v) is 18.1. The topological polar surface area (TPSA) is 392 Å². The number of anilines is 11. The predicted octanol–water partition coefficient (Wildman–Crippen LogP) is 24.5. The van der Waals surface area contributed by atoms with Gasteiger partial charge in [-0.05, 0) is 221 Å². The van der Waals surface area contributed by atoms with E-state index in [4.69, 9.17) is 46.1 Å². The maximum absolute atomic E-state index is 14.5. The predicted molar refractivity (Wildman–Crippen MR) is 549 cm³/mol. The Bertz CT molecular complexity index is 7200. The van der Waals surface area contributed by atoms with Crippen molar-refractivity contribution in [3.05, 3.63) is 352 Å². The molecule has 2 amide bonds. The van der Waals surface area contributed by atoms with Crippen LogP contribution in [0, 0.1) is 77.6 Å². The Hall–Kier alpha value is -15.0. The van der Waals surface area contributed by atoms with E-state index < -0.39 is 74.9 Å². The van der Waals surface area contributed by atoms with Gasteiger partial charge in [0.1, 0.15) is 69.9 Å². The van der Waals surface area contributed by atoms with Gasteiger partial charge in [-0.25, -0.2) is 64.8 Å². The molecule has 20 rings (SSSR count). The number of nitrogen functional groups attached to an aromatic ring is 1. The third-order valence-corrected chi connectivity index (χ3v) is 26.1. The number of hydrogen-bond acceptors (Lipinski definition) is 25. The van der Waals surface area contributed by atoms with Gasteiger partial charge in [0.05, 0.1) is 95.7 Å². The summed E-state index contributed by atoms with van der Waals surface area (Å²) in [5, 5.41) is 64.7. The van der Waals surface area contributed by atoms with Gasteiger partial charge in [0, 0.05) is 122 Å². The number of pyridine rings is 5. The number of aryl methyl sites for hydroxylation is 1. The molecule has 788 valence electrons. The Morgan fingerprint density at radius 1 is 0.420 bits per heavy atom. The molecule has 0 saturated carbocycles. The van der Waals surface area contributed by atoms with E-state index in [1.807, 2.05) is 94.4 Å². The maximum Gasteiger partial charge on any atom is 1.00 e. The molecule has 40 heteroatoms. The summed E-state index contributed by atoms with van der Waals surface area (Å²) < 4.78 is 136. The van der Waals surface area contributed by atoms with Crippen LogP contribution >= 0.6 is 11.6 Å². The number of hydrogen-bond donors (Lipinski definition) is 7. The van der Waals surface area contributed by atoms with Crippen LogP contribution in [0.3, 0.4) is 0 Å². The monoisotopic (exact) mass is 2130 g/mol. The summed E-state index contributed by atoms with van der Waals surface area (Å²) in [6.45, 7) is 32.8. The second-order valence-corrected chi connectivity index (χ2v) is 41.8. The Morgan fingerprint density at radius 3 is 1.08 bits per heavy atom. The van der Waals surface area contributed by atoms with E-state index in [1.165, 1.54) is 91.4 Å². The number of carbonyl (C=O) groups excluding carboxylic acids is 2. The summed E-state index contributed by atoms with van der Waals surface area (Å²) in [5.41, 5.74) is 15.8. The molecule has 0 radical (unpaired) electrons. The number of phenolic OH excluding ortho intramolecular Hbond substituents is 3. The number of nitrogens with two attached hydrogens (primary N) is 1. The minimum absolute atomic E-state index is 0. The smallest absolute Gasteiger partial charge is 0.504 e. The summed E-state index contributed by atoms with van der Waals surface area (Å²) in [4.78, 5) is 85.0. The Kier molecular flexibility index (Phi) is 33.8. The molecular formula is C110H112ClF8FeN14O16+. The minimum Gasteiger partial charge on any atom is -0.504 e. The van der Waals surface area contributed by atoms with Crippen molar-refractivity contribution in [1.82, 2.24) is 24.9 Å². The largest absolute Gasteiger partial charge is 1.00 e. The van der Waals surface area contributed by atoms with Gasteiger partial charge < -0.3 is 80.1 Å². The normalized spacial score (nSPS) is 16.4. The van der Waals surface area contributed by atoms with Gasteiger partial charge >= 0.3 is 7.40 Å². The Balaban J connectivity index is 0.000000161. The number of nitrogens with one attached hydrogen (secondary N) is 2. The maximum atomic E-state index is 14.5. The zero-order valence-electron chi connectivity index (χ0n) is 85.5. The van der Waals surface area contributed by atoms with E-state index in [0.717, 1.165) is 101 Å². The Labute approximate surface area is 876 Å². The number of amides is 2. The molecule has 6 aliphatic heterocycles. The fourth-order valence-electron chi connectivity index (χ4n) is 18.0. The molecule has 2 fully saturated rings. The first-order chi connectivity index (χ1) is 70.1. The van der Waals surface area contributed by atoms with Crippen LogP contribution in [0.1, 0.15) is 193 Å². The van der Waals surface area contributed by atoms with Gasteiger partial charge in [-0.3, -0.25) is 29.8 Å². The molecule has 0 atom stereocenters. The van der Waals surface area contributed by atoms with Gasteiger partial charge in [-0.2, -0.15) is 0 Å². The van der Waals surface area contributed by atoms with Crippen LogP contribution in [0.4, 0.5) is 110 Å². The molecule has 2 saturated heterocycles. The van der Waals surface area contributed by atoms with Gasteiger partial charge in [-0.1, -0.05) is 115 Å². The first-order valence-electron chi connectivity index (χ1n) is 47.1. The zero-order valence-corrected chi connectivity index (χ0v) is 86.3. The number of aromatic carboxylic acids is 1. The van der Waals surface area contributed by atoms with Crippen molar-refractivity contribution >= 4 is 104 Å². The molecule has 11 heterocycles. The molecule has 8 aromatic carbocycles. The van der Waals surface area contributed by atoms with Gasteiger partial charge in [0.2, 0.25) is 0 Å². The molecule has 0 spiro atoms. The number of rotatable bonds is 14. The first kappa shape index (κ1) is 112. The van der Waals surface area contributed by atoms with Crippen molar-refractivity contribution < 1.29 is 122 Å². The van der Waals surface area contributed by atoms with Gasteiger partial charge in [-0.15, -0.1) is 0 Å². The number of carboxylic acids is 1. The minimum atomic E-state index is -1.28. The van der Waals surface area contributed by atoms with Crippen molar-refractivity contribution in [2.45, 2.75) is 149 Å². The van der Waals surface area contributed by atoms with Crippen molar-refractivity contribution in [2.75, 3.05) is 95.7 Å². The molecule has 0 bridgehead atoms. The number of aromatic hydroxyl groups is 3. The van der Waals surface area contributed by atoms with E-state index >= 15 is 0 Å². The molecule has 0 unspecified atom stereocenters. The number of ether oxygens (including phenoxy) is 5. The molecule has 8 N–H and O–H groups in total. The van der Waals surface area contributed by atoms with Crippen LogP contribution in [-0.4, -0.2) is 133 Å². The summed E-state index contributed by atoms with van der Waals surface area (Å²) in [7, 11) is 1.27. The van der Waals surface area contributed by atoms with Crippen molar-refractivity contribution in [1.29, 1.82) is 0 Å². The first-order valence-corrected chi connectivity index (χ1v) is 47.5. The van der Waals surface area contributed by atoms with E-state index in [9.17, 15) is 85.1 Å². The molecular weight excluding hydrogens is 2020 g/mol. The number of fused-ring (bicyclic) bond motifs is 5. The number of benzene rings is 8. The summed E-state index contributed by atoms with van der Waals surface area (Å²) in [6, 6.07) is 47.0. The van der Waals surface area contributed by atoms with E-state index in [1.54, 1.807) is 91.1 Å². The summed E-state index contributed by atoms with van der Waals surface area (Å²) >= 11 is 5.38. The molecule has 13 aromatic rings. The second-order valence-electron chi connectivity index (χ2n) is 41.4. The number of nitrogens with zero attached hydrogens (tertiary/aromatic N) is 11. The SMILES string of the molecule is CC1(C)CCc2ccc(F)cc21.CC1(C)CN(c2ccc(N)cn2)c2ccc(F)cc21.CC1(C)CN(c2ccc([N+](=O)[O-])cn2)c2ccc(F)cc21.CC1(C)COC(c2cc(C(=O)Nc3ccc(N4CC(C)(C)c5cc(F)ccc54)nc3)cc(F)c2O)OC1.CC1(C)COC(c2cc(C(=O)O)cc(F)c2O)OC1.COc1cc(C(=O)Nc2ccc(N3CC(C)(C)c4cc(F)ccc43)nc2)cc(F)c1O.O=[N+]([O-])c1ccc(Cl)nc1.[Fe].[H+]. The molecule has 5 aromatic heterocycles. The van der Waals surface area contributed by atoms with Crippen molar-refractivity contribution in [2.24, 2.45) is 10.8 Å². The van der Waals surface area contributed by atoms with E-state index in [-0.39, 0.29) is 136 Å². The number of halogens is 9. The average Bonchev–Trinajstić information content (AvgIpc) is 1.61. The number of phenols is 3. The summed E-state index contributed by atoms with van der Waals surface area (Å²) in [5.74, 6) is -5.72. The average molecular weight is 2130 g/mol. The third kappa shape index (κ3) is 26.1. The van der Waals surface area contributed by atoms with E-state index in [2.05, 4.69) is 82.0 Å². The van der Waals surface area contributed by atoms with Crippen LogP contribution in [0.5, 0.6) is 23.0 Å². The van der Waals surface area contributed by atoms with Crippen LogP contribution in [0.25, 0.3) is 0 Å². The number of aromatic nitrogens is 5.